The normalized spacial score (nSPS) is 23.7. The van der Waals surface area contributed by atoms with Gasteiger partial charge in [0.1, 0.15) is 41.3 Å². The van der Waals surface area contributed by atoms with Crippen LogP contribution in [0.25, 0.3) is 11.6 Å². The zero-order valence-electron chi connectivity index (χ0n) is 25.3. The highest BCUT2D eigenvalue weighted by atomic mass is 16.5. The van der Waals surface area contributed by atoms with Crippen LogP contribution in [0.2, 0.25) is 0 Å². The molecule has 12 heteroatoms. The molecular weight excluding hydrogens is 578 g/mol. The SMILES string of the molecule is CC(C)[C@H](O)C(=O)N[C@H]1Cc2ccc3c(c2)C2(c4ccccc4NC2O3)c2oc(nc2-c2nc(CO)co2)[C@H](C(C)C)NC1=O. The van der Waals surface area contributed by atoms with Crippen LogP contribution in [0, 0.1) is 11.8 Å². The maximum atomic E-state index is 13.9. The largest absolute Gasteiger partial charge is 0.469 e. The molecule has 0 aliphatic carbocycles. The van der Waals surface area contributed by atoms with Crippen molar-refractivity contribution < 1.29 is 33.4 Å². The van der Waals surface area contributed by atoms with Gasteiger partial charge in [0.15, 0.2) is 17.7 Å². The number of aliphatic hydroxyl groups is 2. The van der Waals surface area contributed by atoms with Crippen molar-refractivity contribution in [2.24, 2.45) is 11.8 Å². The van der Waals surface area contributed by atoms with Crippen LogP contribution in [-0.2, 0) is 28.0 Å². The first-order chi connectivity index (χ1) is 21.6. The summed E-state index contributed by atoms with van der Waals surface area (Å²) in [5, 5.41) is 29.6. The molecule has 3 aliphatic heterocycles. The summed E-state index contributed by atoms with van der Waals surface area (Å²) in [6.07, 6.45) is -0.358. The lowest BCUT2D eigenvalue weighted by Crippen LogP contribution is -2.52. The molecule has 45 heavy (non-hydrogen) atoms. The first-order valence-electron chi connectivity index (χ1n) is 15.1. The number of carbonyl (C=O) groups excluding carboxylic acids is 2. The molecule has 7 rings (SSSR count). The van der Waals surface area contributed by atoms with Crippen molar-refractivity contribution >= 4 is 17.5 Å². The van der Waals surface area contributed by atoms with Gasteiger partial charge in [0.05, 0.1) is 6.61 Å². The van der Waals surface area contributed by atoms with E-state index in [0.717, 1.165) is 22.4 Å². The van der Waals surface area contributed by atoms with Gasteiger partial charge in [-0.2, -0.15) is 0 Å². The second-order valence-corrected chi connectivity index (χ2v) is 12.5. The third-order valence-corrected chi connectivity index (χ3v) is 8.87. The predicted molar refractivity (Wildman–Crippen MR) is 161 cm³/mol. The molecule has 12 nitrogen and oxygen atoms in total. The number of para-hydroxylation sites is 1. The molecule has 2 unspecified atom stereocenters. The Morgan fingerprint density at radius 1 is 1.11 bits per heavy atom. The van der Waals surface area contributed by atoms with Crippen molar-refractivity contribution in [3.63, 3.8) is 0 Å². The highest BCUT2D eigenvalue weighted by Crippen LogP contribution is 2.59. The lowest BCUT2D eigenvalue weighted by Gasteiger charge is -2.29. The Labute approximate surface area is 259 Å². The molecule has 2 aromatic carbocycles. The van der Waals surface area contributed by atoms with Crippen molar-refractivity contribution in [3.8, 4) is 17.3 Å². The van der Waals surface area contributed by atoms with Crippen molar-refractivity contribution in [1.82, 2.24) is 20.6 Å². The molecular formula is C33H35N5O7. The fourth-order valence-corrected chi connectivity index (χ4v) is 6.50. The van der Waals surface area contributed by atoms with Crippen molar-refractivity contribution in [3.05, 3.63) is 82.8 Å². The summed E-state index contributed by atoms with van der Waals surface area (Å²) >= 11 is 0. The van der Waals surface area contributed by atoms with Gasteiger partial charge in [-0.25, -0.2) is 9.97 Å². The predicted octanol–water partition coefficient (Wildman–Crippen LogP) is 3.17. The average molecular weight is 614 g/mol. The molecule has 5 N–H and O–H groups in total. The minimum atomic E-state index is -1.28. The third-order valence-electron chi connectivity index (χ3n) is 8.87. The van der Waals surface area contributed by atoms with E-state index in [-0.39, 0.29) is 36.6 Å². The van der Waals surface area contributed by atoms with Gasteiger partial charge in [-0.15, -0.1) is 0 Å². The molecule has 0 fully saturated rings. The van der Waals surface area contributed by atoms with Gasteiger partial charge in [0, 0.05) is 17.7 Å². The Morgan fingerprint density at radius 3 is 2.64 bits per heavy atom. The number of rotatable bonds is 6. The number of hydrogen-bond acceptors (Lipinski definition) is 10. The maximum absolute atomic E-state index is 13.9. The Morgan fingerprint density at radius 2 is 1.91 bits per heavy atom. The van der Waals surface area contributed by atoms with Crippen LogP contribution in [0.1, 0.15) is 67.8 Å². The standard InChI is InChI=1S/C33H35N5O7/c1-15(2)24-31-38-25(30-34-18(13-39)14-43-30)27(45-31)33-19-7-5-6-8-21(19)36-32(33)44-23-10-9-17(11-20(23)33)12-22(28(41)37-24)35-29(42)26(40)16(3)4/h5-11,14-16,22,24,26,32,36,39-40H,12-13H2,1-4H3,(H,35,42)(H,37,41)/t22-,24-,26-,32?,33?/m0/s1. The molecule has 3 aliphatic rings. The summed E-state index contributed by atoms with van der Waals surface area (Å²) < 4.78 is 19.1. The second-order valence-electron chi connectivity index (χ2n) is 12.5. The quantitative estimate of drug-likeness (QED) is 0.218. The third kappa shape index (κ3) is 4.50. The minimum absolute atomic E-state index is 0.155. The topological polar surface area (TPSA) is 172 Å². The number of carbonyl (C=O) groups is 2. The number of oxazole rings is 2. The van der Waals surface area contributed by atoms with E-state index in [1.54, 1.807) is 13.8 Å². The fourth-order valence-electron chi connectivity index (χ4n) is 6.50. The number of ether oxygens (including phenoxy) is 1. The Bertz CT molecular complexity index is 1800. The lowest BCUT2D eigenvalue weighted by atomic mass is 9.72. The number of aliphatic hydroxyl groups excluding tert-OH is 2. The van der Waals surface area contributed by atoms with Gasteiger partial charge >= 0.3 is 0 Å². The number of hydrogen-bond donors (Lipinski definition) is 5. The number of aromatic nitrogens is 2. The number of anilines is 1. The van der Waals surface area contributed by atoms with Gasteiger partial charge < -0.3 is 39.7 Å². The van der Waals surface area contributed by atoms with Crippen LogP contribution >= 0.6 is 0 Å². The molecule has 4 bridgehead atoms. The molecule has 0 radical (unpaired) electrons. The number of nitrogens with zero attached hydrogens (tertiary/aromatic N) is 2. The summed E-state index contributed by atoms with van der Waals surface area (Å²) in [5.41, 5.74) is 2.93. The summed E-state index contributed by atoms with van der Waals surface area (Å²) in [7, 11) is 0. The number of amides is 2. The summed E-state index contributed by atoms with van der Waals surface area (Å²) in [6, 6.07) is 11.9. The van der Waals surface area contributed by atoms with Crippen LogP contribution in [0.15, 0.2) is 57.6 Å². The van der Waals surface area contributed by atoms with Crippen molar-refractivity contribution in [2.45, 2.75) is 70.6 Å². The van der Waals surface area contributed by atoms with Crippen LogP contribution < -0.4 is 20.7 Å². The zero-order chi connectivity index (χ0) is 31.6. The van der Waals surface area contributed by atoms with E-state index < -0.39 is 41.6 Å². The minimum Gasteiger partial charge on any atom is -0.469 e. The summed E-state index contributed by atoms with van der Waals surface area (Å²) in [6.45, 7) is 7.01. The Balaban J connectivity index is 1.48. The van der Waals surface area contributed by atoms with Crippen LogP contribution in [0.4, 0.5) is 5.69 Å². The van der Waals surface area contributed by atoms with Crippen LogP contribution in [-0.4, -0.2) is 50.4 Å². The molecule has 2 aromatic heterocycles. The maximum Gasteiger partial charge on any atom is 0.249 e. The molecule has 0 saturated heterocycles. The Hall–Kier alpha value is -4.68. The summed E-state index contributed by atoms with van der Waals surface area (Å²) in [4.78, 5) is 36.3. The lowest BCUT2D eigenvalue weighted by molar-refractivity contribution is -0.135. The van der Waals surface area contributed by atoms with E-state index in [4.69, 9.17) is 18.6 Å². The van der Waals surface area contributed by atoms with Gasteiger partial charge in [0.25, 0.3) is 0 Å². The van der Waals surface area contributed by atoms with Crippen molar-refractivity contribution in [1.29, 1.82) is 0 Å². The number of fused-ring (bicyclic) bond motifs is 4. The van der Waals surface area contributed by atoms with Crippen LogP contribution in [0.5, 0.6) is 5.75 Å². The monoisotopic (exact) mass is 613 g/mol. The fraction of sp³-hybridized carbons (Fsp3) is 0.394. The highest BCUT2D eigenvalue weighted by molar-refractivity contribution is 5.90. The first kappa shape index (κ1) is 29.1. The molecule has 4 aromatic rings. The van der Waals surface area contributed by atoms with Crippen LogP contribution in [0.3, 0.4) is 0 Å². The van der Waals surface area contributed by atoms with E-state index in [1.165, 1.54) is 6.26 Å². The molecule has 1 spiro atoms. The van der Waals surface area contributed by atoms with Gasteiger partial charge in [0.2, 0.25) is 23.6 Å². The van der Waals surface area contributed by atoms with Gasteiger partial charge in [-0.1, -0.05) is 58.0 Å². The molecule has 5 atom stereocenters. The number of nitrogens with one attached hydrogen (secondary N) is 3. The van der Waals surface area contributed by atoms with E-state index in [2.05, 4.69) is 20.9 Å². The number of benzene rings is 2. The average Bonchev–Trinajstić information content (AvgIpc) is 3.79. The molecule has 5 heterocycles. The zero-order valence-corrected chi connectivity index (χ0v) is 25.3. The van der Waals surface area contributed by atoms with E-state index in [0.29, 0.717) is 22.9 Å². The van der Waals surface area contributed by atoms with Gasteiger partial charge in [-0.3, -0.25) is 9.59 Å². The summed E-state index contributed by atoms with van der Waals surface area (Å²) in [5.74, 6) is -0.166. The molecule has 234 valence electrons. The second kappa shape index (κ2) is 10.7. The van der Waals surface area contributed by atoms with E-state index in [9.17, 15) is 19.8 Å². The van der Waals surface area contributed by atoms with Gasteiger partial charge in [-0.05, 0) is 35.1 Å². The van der Waals surface area contributed by atoms with Crippen molar-refractivity contribution in [2.75, 3.05) is 5.32 Å². The van der Waals surface area contributed by atoms with E-state index >= 15 is 0 Å². The van der Waals surface area contributed by atoms with E-state index in [1.807, 2.05) is 56.3 Å². The smallest absolute Gasteiger partial charge is 0.249 e. The molecule has 0 saturated carbocycles. The highest BCUT2D eigenvalue weighted by Gasteiger charge is 2.61. The first-order valence-corrected chi connectivity index (χ1v) is 15.1. The molecule has 2 amide bonds. The Kier molecular flexibility index (Phi) is 6.93.